The van der Waals surface area contributed by atoms with Crippen LogP contribution in [0.4, 0.5) is 0 Å². The number of aryl methyl sites for hydroxylation is 1. The van der Waals surface area contributed by atoms with Crippen molar-refractivity contribution in [3.8, 4) is 5.69 Å². The van der Waals surface area contributed by atoms with Gasteiger partial charge >= 0.3 is 5.97 Å². The number of methoxy groups -OCH3 is 1. The summed E-state index contributed by atoms with van der Waals surface area (Å²) < 4.78 is 6.67. The average Bonchev–Trinajstić information content (AvgIpc) is 3.09. The number of carbonyl (C=O) groups is 2. The van der Waals surface area contributed by atoms with E-state index in [1.807, 2.05) is 54.7 Å². The Kier molecular flexibility index (Phi) is 6.03. The van der Waals surface area contributed by atoms with Crippen molar-refractivity contribution in [3.63, 3.8) is 0 Å². The number of rotatable bonds is 7. The van der Waals surface area contributed by atoms with Crippen LogP contribution in [0.15, 0.2) is 24.3 Å². The molecule has 1 aromatic carbocycles. The molecule has 1 heterocycles. The first kappa shape index (κ1) is 23.1. The normalized spacial score (nSPS) is 27.1. The molecule has 4 bridgehead atoms. The highest BCUT2D eigenvalue weighted by Gasteiger charge is 2.51. The van der Waals surface area contributed by atoms with Crippen molar-refractivity contribution in [1.82, 2.24) is 14.7 Å². The number of hydrogen-bond donors (Lipinski definition) is 0. The Morgan fingerprint density at radius 1 is 1.06 bits per heavy atom. The van der Waals surface area contributed by atoms with Gasteiger partial charge in [0.1, 0.15) is 0 Å². The number of aromatic nitrogens is 2. The lowest BCUT2D eigenvalue weighted by molar-refractivity contribution is -0.140. The number of amides is 1. The summed E-state index contributed by atoms with van der Waals surface area (Å²) in [4.78, 5) is 26.8. The molecule has 6 nitrogen and oxygen atoms in total. The Morgan fingerprint density at radius 2 is 1.65 bits per heavy atom. The number of nitrogens with zero attached hydrogens (tertiary/aromatic N) is 3. The first-order valence-corrected chi connectivity index (χ1v) is 12.7. The van der Waals surface area contributed by atoms with Crippen LogP contribution in [0.5, 0.6) is 0 Å². The molecule has 4 saturated carbocycles. The van der Waals surface area contributed by atoms with Gasteiger partial charge in [-0.2, -0.15) is 5.10 Å². The molecule has 0 radical (unpaired) electrons. The summed E-state index contributed by atoms with van der Waals surface area (Å²) in [6.45, 7) is 4.87. The maximum atomic E-state index is 13.3. The molecule has 4 aliphatic carbocycles. The van der Waals surface area contributed by atoms with Gasteiger partial charge in [0.25, 0.3) is 5.91 Å². The van der Waals surface area contributed by atoms with Crippen LogP contribution in [0.2, 0.25) is 0 Å². The van der Waals surface area contributed by atoms with Crippen molar-refractivity contribution in [2.45, 2.75) is 65.2 Å². The zero-order chi connectivity index (χ0) is 24.0. The molecule has 0 saturated heterocycles. The number of esters is 1. The Hall–Kier alpha value is -2.63. The van der Waals surface area contributed by atoms with Gasteiger partial charge in [-0.15, -0.1) is 0 Å². The van der Waals surface area contributed by atoms with Gasteiger partial charge in [-0.1, -0.05) is 0 Å². The molecular formula is C28H37N3O3. The summed E-state index contributed by atoms with van der Waals surface area (Å²) >= 11 is 0. The second-order valence-electron chi connectivity index (χ2n) is 11.3. The minimum Gasteiger partial charge on any atom is -0.469 e. The van der Waals surface area contributed by atoms with E-state index in [0.717, 1.165) is 52.5 Å². The SMILES string of the molecule is COC(=O)CCc1c(C)nn(-c2ccc(C(=O)N(C)CC34CC5CC(CC(C5)C3)C4)cc2)c1C. The predicted molar refractivity (Wildman–Crippen MR) is 131 cm³/mol. The largest absolute Gasteiger partial charge is 0.469 e. The van der Waals surface area contributed by atoms with Crippen LogP contribution >= 0.6 is 0 Å². The highest BCUT2D eigenvalue weighted by atomic mass is 16.5. The smallest absolute Gasteiger partial charge is 0.305 e. The van der Waals surface area contributed by atoms with Crippen molar-refractivity contribution < 1.29 is 14.3 Å². The van der Waals surface area contributed by atoms with E-state index in [1.165, 1.54) is 45.6 Å². The Labute approximate surface area is 202 Å². The highest BCUT2D eigenvalue weighted by Crippen LogP contribution is 2.60. The van der Waals surface area contributed by atoms with Crippen molar-refractivity contribution in [2.24, 2.45) is 23.2 Å². The zero-order valence-electron chi connectivity index (χ0n) is 21.0. The Bertz CT molecular complexity index is 1050. The maximum Gasteiger partial charge on any atom is 0.305 e. The van der Waals surface area contributed by atoms with Crippen molar-refractivity contribution in [1.29, 1.82) is 0 Å². The van der Waals surface area contributed by atoms with E-state index in [-0.39, 0.29) is 11.9 Å². The average molecular weight is 464 g/mol. The third kappa shape index (κ3) is 4.27. The third-order valence-corrected chi connectivity index (χ3v) is 8.69. The minimum absolute atomic E-state index is 0.106. The summed E-state index contributed by atoms with van der Waals surface area (Å²) in [6, 6.07) is 7.77. The second kappa shape index (κ2) is 8.86. The zero-order valence-corrected chi connectivity index (χ0v) is 21.0. The fourth-order valence-electron chi connectivity index (χ4n) is 7.64. The first-order valence-electron chi connectivity index (χ1n) is 12.7. The van der Waals surface area contributed by atoms with Crippen LogP contribution < -0.4 is 0 Å². The van der Waals surface area contributed by atoms with E-state index < -0.39 is 0 Å². The van der Waals surface area contributed by atoms with Crippen molar-refractivity contribution in [3.05, 3.63) is 46.8 Å². The number of ether oxygens (including phenoxy) is 1. The molecule has 0 unspecified atom stereocenters. The Balaban J connectivity index is 1.27. The lowest BCUT2D eigenvalue weighted by Crippen LogP contribution is -2.51. The summed E-state index contributed by atoms with van der Waals surface area (Å²) in [5, 5.41) is 4.69. The molecule has 6 rings (SSSR count). The number of benzene rings is 1. The van der Waals surface area contributed by atoms with Gasteiger partial charge in [0.15, 0.2) is 0 Å². The molecular weight excluding hydrogens is 426 g/mol. The van der Waals surface area contributed by atoms with Gasteiger partial charge in [-0.3, -0.25) is 9.59 Å². The lowest BCUT2D eigenvalue weighted by atomic mass is 9.49. The van der Waals surface area contributed by atoms with Crippen molar-refractivity contribution >= 4 is 11.9 Å². The molecule has 4 aliphatic rings. The molecule has 2 aromatic rings. The van der Waals surface area contributed by atoms with Crippen LogP contribution in [0.25, 0.3) is 5.69 Å². The monoisotopic (exact) mass is 463 g/mol. The van der Waals surface area contributed by atoms with Crippen LogP contribution in [0.1, 0.15) is 72.3 Å². The second-order valence-corrected chi connectivity index (χ2v) is 11.3. The summed E-state index contributed by atoms with van der Waals surface area (Å²) in [5.74, 6) is 2.58. The maximum absolute atomic E-state index is 13.3. The molecule has 4 fully saturated rings. The molecule has 6 heteroatoms. The number of hydrogen-bond acceptors (Lipinski definition) is 4. The molecule has 182 valence electrons. The fraction of sp³-hybridized carbons (Fsp3) is 0.607. The van der Waals surface area contributed by atoms with Gasteiger partial charge in [0, 0.05) is 31.3 Å². The van der Waals surface area contributed by atoms with Crippen LogP contribution in [0, 0.1) is 37.0 Å². The molecule has 0 aliphatic heterocycles. The van der Waals surface area contributed by atoms with Gasteiger partial charge in [-0.05, 0) is 112 Å². The Morgan fingerprint density at radius 3 is 2.21 bits per heavy atom. The van der Waals surface area contributed by atoms with E-state index in [9.17, 15) is 9.59 Å². The first-order chi connectivity index (χ1) is 16.3. The van der Waals surface area contributed by atoms with E-state index in [0.29, 0.717) is 18.3 Å². The van der Waals surface area contributed by atoms with E-state index in [4.69, 9.17) is 4.74 Å². The molecule has 0 atom stereocenters. The van der Waals surface area contributed by atoms with E-state index in [1.54, 1.807) is 0 Å². The van der Waals surface area contributed by atoms with Gasteiger partial charge in [0.05, 0.1) is 18.5 Å². The van der Waals surface area contributed by atoms with Crippen molar-refractivity contribution in [2.75, 3.05) is 20.7 Å². The van der Waals surface area contributed by atoms with Gasteiger partial charge in [-0.25, -0.2) is 4.68 Å². The quantitative estimate of drug-likeness (QED) is 0.549. The standard InChI is InChI=1S/C28H37N3O3/c1-18-25(9-10-26(32)34-4)19(2)31(29-18)24-7-5-23(6-8-24)27(33)30(3)17-28-14-20-11-21(15-28)13-22(12-20)16-28/h5-8,20-22H,9-17H2,1-4H3. The predicted octanol–water partition coefficient (Wildman–Crippen LogP) is 4.88. The molecule has 0 spiro atoms. The lowest BCUT2D eigenvalue weighted by Gasteiger charge is -2.57. The van der Waals surface area contributed by atoms with Crippen LogP contribution in [-0.4, -0.2) is 47.3 Å². The molecule has 1 aromatic heterocycles. The number of carbonyl (C=O) groups excluding carboxylic acids is 2. The van der Waals surface area contributed by atoms with Gasteiger partial charge < -0.3 is 9.64 Å². The van der Waals surface area contributed by atoms with E-state index >= 15 is 0 Å². The molecule has 34 heavy (non-hydrogen) atoms. The topological polar surface area (TPSA) is 64.4 Å². The molecule has 0 N–H and O–H groups in total. The summed E-state index contributed by atoms with van der Waals surface area (Å²) in [7, 11) is 3.39. The third-order valence-electron chi connectivity index (χ3n) is 8.69. The van der Waals surface area contributed by atoms with Gasteiger partial charge in [0.2, 0.25) is 0 Å². The summed E-state index contributed by atoms with van der Waals surface area (Å²) in [6.07, 6.45) is 9.16. The van der Waals surface area contributed by atoms with Crippen LogP contribution in [0.3, 0.4) is 0 Å². The highest BCUT2D eigenvalue weighted by molar-refractivity contribution is 5.94. The minimum atomic E-state index is -0.216. The summed E-state index contributed by atoms with van der Waals surface area (Å²) in [5.41, 5.74) is 4.99. The van der Waals surface area contributed by atoms with E-state index in [2.05, 4.69) is 5.10 Å². The fourth-order valence-corrected chi connectivity index (χ4v) is 7.64. The van der Waals surface area contributed by atoms with Crippen LogP contribution in [-0.2, 0) is 16.0 Å². The molecule has 1 amide bonds.